The number of carboxylic acid groups (broad SMARTS) is 1. The molecule has 88 valence electrons. The molecule has 5 nitrogen and oxygen atoms in total. The largest absolute Gasteiger partial charge is 0.481 e. The van der Waals surface area contributed by atoms with Crippen LogP contribution in [0.2, 0.25) is 0 Å². The summed E-state index contributed by atoms with van der Waals surface area (Å²) >= 11 is 0. The SMILES string of the molecule is CC(CC#N)NC(=O)[C@@H]1CC[C@H](C(=O)O)C1. The fourth-order valence-corrected chi connectivity index (χ4v) is 1.99. The van der Waals surface area contributed by atoms with Gasteiger partial charge in [-0.15, -0.1) is 0 Å². The molecule has 0 aromatic rings. The number of carbonyl (C=O) groups excluding carboxylic acids is 1. The standard InChI is InChI=1S/C11H16N2O3/c1-7(4-5-12)13-10(14)8-2-3-9(6-8)11(15)16/h7-9H,2-4,6H2,1H3,(H,13,14)(H,15,16)/t7?,8-,9+/m1/s1. The summed E-state index contributed by atoms with van der Waals surface area (Å²) in [5.74, 6) is -1.53. The zero-order valence-electron chi connectivity index (χ0n) is 9.27. The van der Waals surface area contributed by atoms with E-state index in [1.807, 2.05) is 6.07 Å². The van der Waals surface area contributed by atoms with E-state index in [0.29, 0.717) is 19.3 Å². The molecule has 1 fully saturated rings. The van der Waals surface area contributed by atoms with E-state index in [2.05, 4.69) is 5.32 Å². The number of nitrogens with one attached hydrogen (secondary N) is 1. The van der Waals surface area contributed by atoms with Gasteiger partial charge in [0.2, 0.25) is 5.91 Å². The normalized spacial score (nSPS) is 25.8. The van der Waals surface area contributed by atoms with Gasteiger partial charge in [-0.2, -0.15) is 5.26 Å². The Kier molecular flexibility index (Phi) is 4.29. The van der Waals surface area contributed by atoms with Crippen LogP contribution in [-0.4, -0.2) is 23.0 Å². The molecule has 1 unspecified atom stereocenters. The average molecular weight is 224 g/mol. The molecule has 1 rings (SSSR count). The highest BCUT2D eigenvalue weighted by molar-refractivity contribution is 5.81. The van der Waals surface area contributed by atoms with Crippen molar-refractivity contribution in [1.82, 2.24) is 5.32 Å². The number of carbonyl (C=O) groups is 2. The van der Waals surface area contributed by atoms with Crippen LogP contribution in [0.4, 0.5) is 0 Å². The van der Waals surface area contributed by atoms with E-state index in [4.69, 9.17) is 10.4 Å². The average Bonchev–Trinajstić information content (AvgIpc) is 2.66. The molecule has 1 amide bonds. The van der Waals surface area contributed by atoms with Crippen molar-refractivity contribution in [2.24, 2.45) is 11.8 Å². The van der Waals surface area contributed by atoms with E-state index in [-0.39, 0.29) is 30.2 Å². The number of hydrogen-bond acceptors (Lipinski definition) is 3. The Morgan fingerprint density at radius 1 is 1.50 bits per heavy atom. The van der Waals surface area contributed by atoms with Gasteiger partial charge in [-0.3, -0.25) is 9.59 Å². The van der Waals surface area contributed by atoms with E-state index >= 15 is 0 Å². The minimum Gasteiger partial charge on any atom is -0.481 e. The molecule has 1 saturated carbocycles. The molecule has 0 aromatic carbocycles. The number of carboxylic acids is 1. The minimum atomic E-state index is -0.819. The number of hydrogen-bond donors (Lipinski definition) is 2. The van der Waals surface area contributed by atoms with Crippen LogP contribution in [0.15, 0.2) is 0 Å². The Balaban J connectivity index is 2.40. The Bertz CT molecular complexity index is 322. The summed E-state index contributed by atoms with van der Waals surface area (Å²) in [6.45, 7) is 1.77. The van der Waals surface area contributed by atoms with E-state index in [1.54, 1.807) is 6.92 Å². The summed E-state index contributed by atoms with van der Waals surface area (Å²) in [7, 11) is 0. The summed E-state index contributed by atoms with van der Waals surface area (Å²) in [5, 5.41) is 20.0. The molecule has 0 aliphatic heterocycles. The Hall–Kier alpha value is -1.57. The first-order valence-corrected chi connectivity index (χ1v) is 5.44. The number of aliphatic carboxylic acids is 1. The van der Waals surface area contributed by atoms with Crippen LogP contribution in [-0.2, 0) is 9.59 Å². The zero-order chi connectivity index (χ0) is 12.1. The van der Waals surface area contributed by atoms with Gasteiger partial charge in [-0.05, 0) is 26.2 Å². The monoisotopic (exact) mass is 224 g/mol. The lowest BCUT2D eigenvalue weighted by Crippen LogP contribution is -2.36. The summed E-state index contributed by atoms with van der Waals surface area (Å²) in [6.07, 6.45) is 1.89. The maximum absolute atomic E-state index is 11.7. The zero-order valence-corrected chi connectivity index (χ0v) is 9.27. The van der Waals surface area contributed by atoms with Gasteiger partial charge >= 0.3 is 5.97 Å². The van der Waals surface area contributed by atoms with Crippen LogP contribution in [0.5, 0.6) is 0 Å². The fraction of sp³-hybridized carbons (Fsp3) is 0.727. The Morgan fingerprint density at radius 2 is 2.12 bits per heavy atom. The summed E-state index contributed by atoms with van der Waals surface area (Å²) in [5.41, 5.74) is 0. The molecule has 3 atom stereocenters. The highest BCUT2D eigenvalue weighted by atomic mass is 16.4. The quantitative estimate of drug-likeness (QED) is 0.742. The van der Waals surface area contributed by atoms with Gasteiger partial charge in [0.1, 0.15) is 0 Å². The molecule has 0 spiro atoms. The first-order chi connectivity index (χ1) is 7.54. The predicted octanol–water partition coefficient (Wildman–Crippen LogP) is 0.906. The van der Waals surface area contributed by atoms with Crippen LogP contribution < -0.4 is 5.32 Å². The number of nitrogens with zero attached hydrogens (tertiary/aromatic N) is 1. The van der Waals surface area contributed by atoms with Crippen molar-refractivity contribution < 1.29 is 14.7 Å². The van der Waals surface area contributed by atoms with Crippen molar-refractivity contribution in [1.29, 1.82) is 5.26 Å². The number of nitriles is 1. The highest BCUT2D eigenvalue weighted by Crippen LogP contribution is 2.31. The number of rotatable bonds is 4. The lowest BCUT2D eigenvalue weighted by Gasteiger charge is -2.14. The van der Waals surface area contributed by atoms with Crippen LogP contribution in [0, 0.1) is 23.2 Å². The molecule has 16 heavy (non-hydrogen) atoms. The molecule has 0 bridgehead atoms. The lowest BCUT2D eigenvalue weighted by atomic mass is 10.0. The molecule has 0 saturated heterocycles. The molecular weight excluding hydrogens is 208 g/mol. The van der Waals surface area contributed by atoms with E-state index in [9.17, 15) is 9.59 Å². The van der Waals surface area contributed by atoms with Crippen molar-refractivity contribution in [2.45, 2.75) is 38.6 Å². The van der Waals surface area contributed by atoms with Crippen LogP contribution in [0.25, 0.3) is 0 Å². The summed E-state index contributed by atoms with van der Waals surface area (Å²) in [6, 6.07) is 1.82. The van der Waals surface area contributed by atoms with Gasteiger partial charge in [0.25, 0.3) is 0 Å². The lowest BCUT2D eigenvalue weighted by molar-refractivity contribution is -0.141. The van der Waals surface area contributed by atoms with Crippen molar-refractivity contribution in [3.05, 3.63) is 0 Å². The van der Waals surface area contributed by atoms with Crippen LogP contribution in [0.3, 0.4) is 0 Å². The van der Waals surface area contributed by atoms with E-state index < -0.39 is 5.97 Å². The maximum atomic E-state index is 11.7. The molecule has 1 aliphatic rings. The third kappa shape index (κ3) is 3.23. The smallest absolute Gasteiger partial charge is 0.306 e. The molecule has 5 heteroatoms. The highest BCUT2D eigenvalue weighted by Gasteiger charge is 2.33. The topological polar surface area (TPSA) is 90.2 Å². The second kappa shape index (κ2) is 5.50. The first-order valence-electron chi connectivity index (χ1n) is 5.44. The van der Waals surface area contributed by atoms with Crippen molar-refractivity contribution in [3.8, 4) is 6.07 Å². The summed E-state index contributed by atoms with van der Waals surface area (Å²) < 4.78 is 0. The third-order valence-electron chi connectivity index (χ3n) is 2.94. The Labute approximate surface area is 94.4 Å². The first kappa shape index (κ1) is 12.5. The molecule has 0 aromatic heterocycles. The van der Waals surface area contributed by atoms with Gasteiger partial charge in [0.15, 0.2) is 0 Å². The van der Waals surface area contributed by atoms with Gasteiger partial charge in [0.05, 0.1) is 18.4 Å². The molecular formula is C11H16N2O3. The minimum absolute atomic E-state index is 0.119. The van der Waals surface area contributed by atoms with Crippen molar-refractivity contribution >= 4 is 11.9 Å². The van der Waals surface area contributed by atoms with Crippen LogP contribution in [0.1, 0.15) is 32.6 Å². The predicted molar refractivity (Wildman–Crippen MR) is 56.3 cm³/mol. The van der Waals surface area contributed by atoms with Crippen molar-refractivity contribution in [2.75, 3.05) is 0 Å². The third-order valence-corrected chi connectivity index (χ3v) is 2.94. The van der Waals surface area contributed by atoms with E-state index in [1.165, 1.54) is 0 Å². The maximum Gasteiger partial charge on any atom is 0.306 e. The second-order valence-electron chi connectivity index (χ2n) is 4.32. The van der Waals surface area contributed by atoms with Gasteiger partial charge in [-0.25, -0.2) is 0 Å². The van der Waals surface area contributed by atoms with E-state index in [0.717, 1.165) is 0 Å². The number of amides is 1. The van der Waals surface area contributed by atoms with Crippen LogP contribution >= 0.6 is 0 Å². The van der Waals surface area contributed by atoms with Gasteiger partial charge < -0.3 is 10.4 Å². The molecule has 1 aliphatic carbocycles. The summed E-state index contributed by atoms with van der Waals surface area (Å²) in [4.78, 5) is 22.4. The van der Waals surface area contributed by atoms with Gasteiger partial charge in [0, 0.05) is 12.0 Å². The Morgan fingerprint density at radius 3 is 2.62 bits per heavy atom. The second-order valence-corrected chi connectivity index (χ2v) is 4.32. The molecule has 2 N–H and O–H groups in total. The molecule has 0 heterocycles. The fourth-order valence-electron chi connectivity index (χ4n) is 1.99. The molecule has 0 radical (unpaired) electrons. The van der Waals surface area contributed by atoms with Gasteiger partial charge in [-0.1, -0.05) is 0 Å². The van der Waals surface area contributed by atoms with Crippen molar-refractivity contribution in [3.63, 3.8) is 0 Å².